The molecule has 0 radical (unpaired) electrons. The number of hydrogen-bond acceptors (Lipinski definition) is 4. The zero-order valence-electron chi connectivity index (χ0n) is 23.1. The summed E-state index contributed by atoms with van der Waals surface area (Å²) in [5, 5.41) is 3.36. The molecule has 3 aromatic carbocycles. The molecule has 0 aliphatic carbocycles. The standard InChI is InChI=1S/C30H35BrClN3O4S/c1-21(2)18-33-30(37)28(16-23-8-6-5-7-9-23)34(19-24-11-13-25(31)14-12-24)29(36)20-35(40(4,38)39)26-15-10-22(3)27(32)17-26/h5-15,17,21,28H,16,18-20H2,1-4H3,(H,33,37)/t28-/m0/s1. The number of nitrogens with zero attached hydrogens (tertiary/aromatic N) is 2. The van der Waals surface area contributed by atoms with E-state index in [0.717, 1.165) is 31.7 Å². The molecule has 0 aliphatic rings. The summed E-state index contributed by atoms with van der Waals surface area (Å²) in [6.45, 7) is 5.87. The smallest absolute Gasteiger partial charge is 0.244 e. The van der Waals surface area contributed by atoms with Gasteiger partial charge in [-0.1, -0.05) is 89.9 Å². The van der Waals surface area contributed by atoms with Gasteiger partial charge in [-0.25, -0.2) is 8.42 Å². The van der Waals surface area contributed by atoms with E-state index in [9.17, 15) is 18.0 Å². The maximum Gasteiger partial charge on any atom is 0.244 e. The average Bonchev–Trinajstić information content (AvgIpc) is 2.90. The van der Waals surface area contributed by atoms with E-state index >= 15 is 0 Å². The molecule has 0 heterocycles. The maximum atomic E-state index is 14.1. The molecule has 0 spiro atoms. The molecule has 0 bridgehead atoms. The van der Waals surface area contributed by atoms with Crippen LogP contribution in [0.2, 0.25) is 5.02 Å². The van der Waals surface area contributed by atoms with Crippen LogP contribution >= 0.6 is 27.5 Å². The average molecular weight is 649 g/mol. The third-order valence-corrected chi connectivity index (χ3v) is 8.42. The molecule has 0 saturated carbocycles. The molecule has 3 rings (SSSR count). The van der Waals surface area contributed by atoms with Gasteiger partial charge in [-0.15, -0.1) is 0 Å². The Balaban J connectivity index is 2.05. The molecule has 40 heavy (non-hydrogen) atoms. The Morgan fingerprint density at radius 1 is 0.975 bits per heavy atom. The Hall–Kier alpha value is -2.88. The number of halogens is 2. The minimum atomic E-state index is -3.86. The second kappa shape index (κ2) is 14.1. The van der Waals surface area contributed by atoms with Crippen molar-refractivity contribution in [3.05, 3.63) is 99.0 Å². The highest BCUT2D eigenvalue weighted by atomic mass is 79.9. The summed E-state index contributed by atoms with van der Waals surface area (Å²) in [6.07, 6.45) is 1.31. The van der Waals surface area contributed by atoms with E-state index in [1.807, 2.05) is 75.4 Å². The number of amides is 2. The fourth-order valence-corrected chi connectivity index (χ4v) is 5.39. The lowest BCUT2D eigenvalue weighted by molar-refractivity contribution is -0.140. The number of aryl methyl sites for hydroxylation is 1. The van der Waals surface area contributed by atoms with Gasteiger partial charge in [0, 0.05) is 29.0 Å². The van der Waals surface area contributed by atoms with Crippen LogP contribution in [0.25, 0.3) is 0 Å². The van der Waals surface area contributed by atoms with Gasteiger partial charge in [0.25, 0.3) is 0 Å². The van der Waals surface area contributed by atoms with E-state index < -0.39 is 28.5 Å². The van der Waals surface area contributed by atoms with Gasteiger partial charge in [0.2, 0.25) is 21.8 Å². The van der Waals surface area contributed by atoms with Crippen molar-refractivity contribution in [1.29, 1.82) is 0 Å². The first kappa shape index (κ1) is 31.6. The first-order valence-electron chi connectivity index (χ1n) is 12.9. The van der Waals surface area contributed by atoms with E-state index in [0.29, 0.717) is 11.6 Å². The molecule has 0 aliphatic heterocycles. The van der Waals surface area contributed by atoms with Crippen LogP contribution in [0.15, 0.2) is 77.3 Å². The van der Waals surface area contributed by atoms with Crippen molar-refractivity contribution in [3.8, 4) is 0 Å². The van der Waals surface area contributed by atoms with E-state index in [-0.39, 0.29) is 30.5 Å². The number of rotatable bonds is 12. The fourth-order valence-electron chi connectivity index (χ4n) is 4.11. The van der Waals surface area contributed by atoms with Crippen molar-refractivity contribution >= 4 is 55.1 Å². The number of anilines is 1. The predicted octanol–water partition coefficient (Wildman–Crippen LogP) is 5.59. The number of benzene rings is 3. The van der Waals surface area contributed by atoms with Crippen LogP contribution in [0.4, 0.5) is 5.69 Å². The molecular weight excluding hydrogens is 614 g/mol. The Morgan fingerprint density at radius 3 is 2.20 bits per heavy atom. The summed E-state index contributed by atoms with van der Waals surface area (Å²) in [5.41, 5.74) is 2.74. The number of carbonyl (C=O) groups is 2. The molecule has 214 valence electrons. The lowest BCUT2D eigenvalue weighted by Gasteiger charge is -2.33. The molecular formula is C30H35BrClN3O4S. The summed E-state index contributed by atoms with van der Waals surface area (Å²) >= 11 is 9.73. The number of nitrogens with one attached hydrogen (secondary N) is 1. The first-order valence-corrected chi connectivity index (χ1v) is 16.0. The van der Waals surface area contributed by atoms with E-state index in [4.69, 9.17) is 11.6 Å². The molecule has 7 nitrogen and oxygen atoms in total. The first-order chi connectivity index (χ1) is 18.8. The molecule has 1 N–H and O–H groups in total. The topological polar surface area (TPSA) is 86.8 Å². The summed E-state index contributed by atoms with van der Waals surface area (Å²) in [7, 11) is -3.86. The van der Waals surface area contributed by atoms with Crippen LogP contribution in [0.1, 0.15) is 30.5 Å². The van der Waals surface area contributed by atoms with Crippen LogP contribution in [-0.2, 0) is 32.6 Å². The largest absolute Gasteiger partial charge is 0.354 e. The predicted molar refractivity (Wildman–Crippen MR) is 165 cm³/mol. The fraction of sp³-hybridized carbons (Fsp3) is 0.333. The van der Waals surface area contributed by atoms with E-state index in [2.05, 4.69) is 21.2 Å². The number of hydrogen-bond donors (Lipinski definition) is 1. The molecule has 3 aromatic rings. The quantitative estimate of drug-likeness (QED) is 0.278. The van der Waals surface area contributed by atoms with Gasteiger partial charge in [0.05, 0.1) is 11.9 Å². The number of carbonyl (C=O) groups excluding carboxylic acids is 2. The van der Waals surface area contributed by atoms with Crippen LogP contribution in [0.3, 0.4) is 0 Å². The summed E-state index contributed by atoms with van der Waals surface area (Å²) in [4.78, 5) is 29.2. The minimum Gasteiger partial charge on any atom is -0.354 e. The number of sulfonamides is 1. The third kappa shape index (κ3) is 9.08. The van der Waals surface area contributed by atoms with Crippen LogP contribution in [-0.4, -0.2) is 50.5 Å². The monoisotopic (exact) mass is 647 g/mol. The van der Waals surface area contributed by atoms with Gasteiger partial charge < -0.3 is 10.2 Å². The maximum absolute atomic E-state index is 14.1. The van der Waals surface area contributed by atoms with Crippen molar-refractivity contribution in [1.82, 2.24) is 10.2 Å². The Bertz CT molecular complexity index is 1420. The van der Waals surface area contributed by atoms with Crippen LogP contribution in [0.5, 0.6) is 0 Å². The normalized spacial score (nSPS) is 12.2. The summed E-state index contributed by atoms with van der Waals surface area (Å²) < 4.78 is 27.7. The lowest BCUT2D eigenvalue weighted by Crippen LogP contribution is -2.53. The molecule has 2 amide bonds. The second-order valence-corrected chi connectivity index (χ2v) is 13.4. The van der Waals surface area contributed by atoms with E-state index in [1.165, 1.54) is 11.0 Å². The molecule has 0 aromatic heterocycles. The second-order valence-electron chi connectivity index (χ2n) is 10.2. The highest BCUT2D eigenvalue weighted by molar-refractivity contribution is 9.10. The molecule has 0 fully saturated rings. The SMILES string of the molecule is Cc1ccc(N(CC(=O)N(Cc2ccc(Br)cc2)[C@@H](Cc2ccccc2)C(=O)NCC(C)C)S(C)(=O)=O)cc1Cl. The third-order valence-electron chi connectivity index (χ3n) is 6.34. The molecule has 10 heteroatoms. The van der Waals surface area contributed by atoms with Crippen molar-refractivity contribution in [3.63, 3.8) is 0 Å². The highest BCUT2D eigenvalue weighted by Gasteiger charge is 2.33. The summed E-state index contributed by atoms with van der Waals surface area (Å²) in [6, 6.07) is 20.9. The van der Waals surface area contributed by atoms with Gasteiger partial charge in [-0.05, 0) is 53.8 Å². The van der Waals surface area contributed by atoms with Crippen molar-refractivity contribution in [2.75, 3.05) is 23.7 Å². The molecule has 0 unspecified atom stereocenters. The van der Waals surface area contributed by atoms with Crippen molar-refractivity contribution in [2.45, 2.75) is 39.8 Å². The lowest BCUT2D eigenvalue weighted by atomic mass is 10.0. The summed E-state index contributed by atoms with van der Waals surface area (Å²) in [5.74, 6) is -0.595. The zero-order chi connectivity index (χ0) is 29.4. The van der Waals surface area contributed by atoms with Gasteiger partial charge in [0.15, 0.2) is 0 Å². The van der Waals surface area contributed by atoms with Crippen molar-refractivity contribution < 1.29 is 18.0 Å². The molecule has 1 atom stereocenters. The zero-order valence-corrected chi connectivity index (χ0v) is 26.3. The highest BCUT2D eigenvalue weighted by Crippen LogP contribution is 2.26. The van der Waals surface area contributed by atoms with Gasteiger partial charge in [0.1, 0.15) is 12.6 Å². The van der Waals surface area contributed by atoms with E-state index in [1.54, 1.807) is 12.1 Å². The Morgan fingerprint density at radius 2 is 1.62 bits per heavy atom. The minimum absolute atomic E-state index is 0.116. The van der Waals surface area contributed by atoms with Crippen LogP contribution in [0, 0.1) is 12.8 Å². The van der Waals surface area contributed by atoms with Gasteiger partial charge >= 0.3 is 0 Å². The van der Waals surface area contributed by atoms with Gasteiger partial charge in [-0.2, -0.15) is 0 Å². The van der Waals surface area contributed by atoms with Crippen LogP contribution < -0.4 is 9.62 Å². The van der Waals surface area contributed by atoms with Crippen molar-refractivity contribution in [2.24, 2.45) is 5.92 Å². The van der Waals surface area contributed by atoms with Gasteiger partial charge in [-0.3, -0.25) is 13.9 Å². The Kier molecular flexibility index (Phi) is 11.2. The molecule has 0 saturated heterocycles. The Labute approximate surface area is 250 Å².